The van der Waals surface area contributed by atoms with Crippen LogP contribution in [0.25, 0.3) is 0 Å². The number of ether oxygens (including phenoxy) is 1. The molecule has 4 nitrogen and oxygen atoms in total. The lowest BCUT2D eigenvalue weighted by Crippen LogP contribution is -2.24. The van der Waals surface area contributed by atoms with E-state index in [1.807, 2.05) is 0 Å². The molecule has 0 atom stereocenters. The summed E-state index contributed by atoms with van der Waals surface area (Å²) in [5.74, 6) is -1.02. The molecule has 0 unspecified atom stereocenters. The highest BCUT2D eigenvalue weighted by Crippen LogP contribution is 2.02. The van der Waals surface area contributed by atoms with Gasteiger partial charge in [0.15, 0.2) is 6.61 Å². The zero-order valence-electron chi connectivity index (χ0n) is 5.16. The molecule has 0 aromatic heterocycles. The van der Waals surface area contributed by atoms with Crippen LogP contribution in [0.1, 0.15) is 0 Å². The predicted molar refractivity (Wildman–Crippen MR) is 31.1 cm³/mol. The Balaban J connectivity index is 2.75. The molecule has 1 aliphatic rings. The minimum atomic E-state index is -0.602. The van der Waals surface area contributed by atoms with Crippen molar-refractivity contribution in [3.8, 4) is 0 Å². The lowest BCUT2D eigenvalue weighted by molar-refractivity contribution is -0.137. The van der Waals surface area contributed by atoms with E-state index in [-0.39, 0.29) is 19.0 Å². The molecule has 1 rings (SSSR count). The maximum Gasteiger partial charge on any atom is 0.240 e. The van der Waals surface area contributed by atoms with Crippen LogP contribution in [0, 0.1) is 0 Å². The third kappa shape index (κ3) is 1.22. The maximum absolute atomic E-state index is 10.5. The average Bonchev–Trinajstić information content (AvgIpc) is 1.95. The highest BCUT2D eigenvalue weighted by Gasteiger charge is 2.18. The van der Waals surface area contributed by atoms with Gasteiger partial charge in [0.25, 0.3) is 0 Å². The fraction of sp³-hybridized carbons (Fsp3) is 0.333. The fourth-order valence-electron chi connectivity index (χ4n) is 0.589. The Bertz CT molecular complexity index is 204. The monoisotopic (exact) mass is 142 g/mol. The smallest absolute Gasteiger partial charge is 0.240 e. The number of carbonyl (C=O) groups is 2. The van der Waals surface area contributed by atoms with Gasteiger partial charge in [0.1, 0.15) is 12.4 Å². The van der Waals surface area contributed by atoms with Crippen LogP contribution in [0.5, 0.6) is 0 Å². The van der Waals surface area contributed by atoms with E-state index in [0.29, 0.717) is 0 Å². The van der Waals surface area contributed by atoms with E-state index >= 15 is 0 Å². The van der Waals surface area contributed by atoms with E-state index in [1.165, 1.54) is 0 Å². The Hall–Kier alpha value is -1.16. The van der Waals surface area contributed by atoms with Crippen molar-refractivity contribution >= 4 is 11.6 Å². The van der Waals surface area contributed by atoms with Crippen molar-refractivity contribution in [2.24, 2.45) is 0 Å². The molecule has 0 amide bonds. The summed E-state index contributed by atoms with van der Waals surface area (Å²) in [6.07, 6.45) is 1.01. The van der Waals surface area contributed by atoms with Crippen LogP contribution in [-0.2, 0) is 14.3 Å². The number of hydrogen-bond acceptors (Lipinski definition) is 4. The number of aliphatic hydroxyl groups excluding tert-OH is 1. The molecule has 0 saturated carbocycles. The van der Waals surface area contributed by atoms with Crippen LogP contribution >= 0.6 is 0 Å². The molecular weight excluding hydrogens is 136 g/mol. The molecule has 0 bridgehead atoms. The van der Waals surface area contributed by atoms with Gasteiger partial charge in [-0.1, -0.05) is 0 Å². The first-order valence-electron chi connectivity index (χ1n) is 2.75. The summed E-state index contributed by atoms with van der Waals surface area (Å²) in [6.45, 7) is -0.579. The fourth-order valence-corrected chi connectivity index (χ4v) is 0.589. The Kier molecular flexibility index (Phi) is 1.82. The van der Waals surface area contributed by atoms with Gasteiger partial charge in [-0.05, 0) is 0 Å². The standard InChI is InChI=1S/C6H6O4/c7-2-4-1-5(8)6(9)3-10-4/h1,7H,2-3H2. The topological polar surface area (TPSA) is 63.6 Å². The third-order valence-corrected chi connectivity index (χ3v) is 1.11. The minimum absolute atomic E-state index is 0.157. The van der Waals surface area contributed by atoms with E-state index in [0.717, 1.165) is 6.08 Å². The first-order valence-corrected chi connectivity index (χ1v) is 2.75. The van der Waals surface area contributed by atoms with Crippen LogP contribution in [0.2, 0.25) is 0 Å². The zero-order valence-corrected chi connectivity index (χ0v) is 5.16. The molecule has 1 N–H and O–H groups in total. The van der Waals surface area contributed by atoms with Crippen molar-refractivity contribution in [1.29, 1.82) is 0 Å². The van der Waals surface area contributed by atoms with E-state index in [2.05, 4.69) is 4.74 Å². The van der Waals surface area contributed by atoms with Crippen LogP contribution < -0.4 is 0 Å². The van der Waals surface area contributed by atoms with Gasteiger partial charge in [-0.3, -0.25) is 9.59 Å². The van der Waals surface area contributed by atoms with Crippen molar-refractivity contribution in [3.05, 3.63) is 11.8 Å². The molecule has 10 heavy (non-hydrogen) atoms. The number of ketones is 2. The highest BCUT2D eigenvalue weighted by molar-refractivity contribution is 6.42. The second kappa shape index (κ2) is 2.62. The summed E-state index contributed by atoms with van der Waals surface area (Å²) >= 11 is 0. The van der Waals surface area contributed by atoms with Crippen molar-refractivity contribution in [3.63, 3.8) is 0 Å². The van der Waals surface area contributed by atoms with Gasteiger partial charge in [0.2, 0.25) is 11.6 Å². The van der Waals surface area contributed by atoms with Crippen molar-refractivity contribution in [1.82, 2.24) is 0 Å². The average molecular weight is 142 g/mol. The molecule has 1 aliphatic heterocycles. The Morgan fingerprint density at radius 3 is 2.80 bits per heavy atom. The molecule has 0 aromatic carbocycles. The number of Topliss-reactive ketones (excluding diaryl/α,β-unsaturated/α-hetero) is 1. The largest absolute Gasteiger partial charge is 0.487 e. The van der Waals surface area contributed by atoms with Gasteiger partial charge in [0, 0.05) is 6.08 Å². The summed E-state index contributed by atoms with van der Waals surface area (Å²) in [7, 11) is 0. The third-order valence-electron chi connectivity index (χ3n) is 1.11. The molecule has 0 fully saturated rings. The van der Waals surface area contributed by atoms with E-state index < -0.39 is 11.6 Å². The van der Waals surface area contributed by atoms with Crippen LogP contribution in [0.3, 0.4) is 0 Å². The lowest BCUT2D eigenvalue weighted by atomic mass is 10.2. The van der Waals surface area contributed by atoms with E-state index in [9.17, 15) is 9.59 Å². The van der Waals surface area contributed by atoms with Gasteiger partial charge in [-0.15, -0.1) is 0 Å². The van der Waals surface area contributed by atoms with Crippen molar-refractivity contribution < 1.29 is 19.4 Å². The number of aliphatic hydroxyl groups is 1. The molecule has 4 heteroatoms. The highest BCUT2D eigenvalue weighted by atomic mass is 16.5. The minimum Gasteiger partial charge on any atom is -0.487 e. The molecule has 0 aromatic rings. The van der Waals surface area contributed by atoms with Crippen LogP contribution in [-0.4, -0.2) is 29.9 Å². The van der Waals surface area contributed by atoms with Crippen molar-refractivity contribution in [2.75, 3.05) is 13.2 Å². The summed E-state index contributed by atoms with van der Waals surface area (Å²) in [5, 5.41) is 8.44. The molecule has 1 heterocycles. The first-order chi connectivity index (χ1) is 4.74. The quantitative estimate of drug-likeness (QED) is 0.478. The first kappa shape index (κ1) is 6.95. The van der Waals surface area contributed by atoms with Crippen LogP contribution in [0.15, 0.2) is 11.8 Å². The Labute approximate surface area is 57.1 Å². The number of allylic oxidation sites excluding steroid dienone is 1. The second-order valence-corrected chi connectivity index (χ2v) is 1.84. The number of carbonyl (C=O) groups excluding carboxylic acids is 2. The molecule has 0 radical (unpaired) electrons. The van der Waals surface area contributed by atoms with E-state index in [1.54, 1.807) is 0 Å². The number of rotatable bonds is 1. The molecule has 0 aliphatic carbocycles. The van der Waals surface area contributed by atoms with Gasteiger partial charge >= 0.3 is 0 Å². The normalized spacial score (nSPS) is 18.3. The number of hydrogen-bond donors (Lipinski definition) is 1. The summed E-state index contributed by atoms with van der Waals surface area (Å²) in [6, 6.07) is 0. The Morgan fingerprint density at radius 1 is 1.60 bits per heavy atom. The zero-order chi connectivity index (χ0) is 7.56. The molecule has 54 valence electrons. The van der Waals surface area contributed by atoms with Gasteiger partial charge in [-0.25, -0.2) is 0 Å². The lowest BCUT2D eigenvalue weighted by Gasteiger charge is -2.09. The van der Waals surface area contributed by atoms with E-state index in [4.69, 9.17) is 5.11 Å². The molecule has 0 saturated heterocycles. The SMILES string of the molecule is O=C1C=C(CO)OCC1=O. The predicted octanol–water partition coefficient (Wildman–Crippen LogP) is -0.969. The van der Waals surface area contributed by atoms with Crippen LogP contribution in [0.4, 0.5) is 0 Å². The van der Waals surface area contributed by atoms with Crippen molar-refractivity contribution in [2.45, 2.75) is 0 Å². The summed E-state index contributed by atoms with van der Waals surface area (Å²) in [4.78, 5) is 21.0. The maximum atomic E-state index is 10.5. The summed E-state index contributed by atoms with van der Waals surface area (Å²) in [5.41, 5.74) is 0. The van der Waals surface area contributed by atoms with Gasteiger partial charge in [-0.2, -0.15) is 0 Å². The second-order valence-electron chi connectivity index (χ2n) is 1.84. The molecule has 0 spiro atoms. The van der Waals surface area contributed by atoms with Gasteiger partial charge < -0.3 is 9.84 Å². The Morgan fingerprint density at radius 2 is 2.30 bits per heavy atom. The van der Waals surface area contributed by atoms with Gasteiger partial charge in [0.05, 0.1) is 0 Å². The summed E-state index contributed by atoms with van der Waals surface area (Å²) < 4.78 is 4.65. The molecular formula is C6H6O4.